The summed E-state index contributed by atoms with van der Waals surface area (Å²) in [6.07, 6.45) is 0. The van der Waals surface area contributed by atoms with Gasteiger partial charge in [-0.1, -0.05) is 12.1 Å². The first-order valence-corrected chi connectivity index (χ1v) is 4.51. The highest BCUT2D eigenvalue weighted by Gasteiger charge is 2.05. The summed E-state index contributed by atoms with van der Waals surface area (Å²) in [5, 5.41) is 0. The van der Waals surface area contributed by atoms with Crippen molar-refractivity contribution in [2.45, 2.75) is 13.8 Å². The van der Waals surface area contributed by atoms with Crippen molar-refractivity contribution in [1.82, 2.24) is 0 Å². The van der Waals surface area contributed by atoms with Crippen LogP contribution >= 0.6 is 11.6 Å². The lowest BCUT2D eigenvalue weighted by molar-refractivity contribution is -0.131. The number of carbonyl (C=O) groups is 1. The normalized spacial score (nSPS) is 9.77. The minimum absolute atomic E-state index is 0.118. The molecule has 1 aromatic rings. The summed E-state index contributed by atoms with van der Waals surface area (Å²) in [6, 6.07) is 5.69. The molecular weight excluding hydrogens is 188 g/mol. The van der Waals surface area contributed by atoms with Crippen LogP contribution in [0.2, 0.25) is 0 Å². The molecule has 0 aliphatic carbocycles. The lowest BCUT2D eigenvalue weighted by Crippen LogP contribution is -2.09. The zero-order valence-electron chi connectivity index (χ0n) is 7.63. The van der Waals surface area contributed by atoms with Gasteiger partial charge in [0.25, 0.3) is 0 Å². The largest absolute Gasteiger partial charge is 0.425 e. The van der Waals surface area contributed by atoms with Crippen molar-refractivity contribution in [3.63, 3.8) is 0 Å². The zero-order chi connectivity index (χ0) is 9.84. The van der Waals surface area contributed by atoms with Crippen LogP contribution in [0.1, 0.15) is 11.1 Å². The molecule has 3 heteroatoms. The molecule has 0 heterocycles. The van der Waals surface area contributed by atoms with E-state index < -0.39 is 5.97 Å². The van der Waals surface area contributed by atoms with Gasteiger partial charge in [0.05, 0.1) is 0 Å². The molecule has 0 radical (unpaired) electrons. The fraction of sp³-hybridized carbons (Fsp3) is 0.300. The number of halogens is 1. The van der Waals surface area contributed by atoms with E-state index in [0.29, 0.717) is 5.75 Å². The zero-order valence-corrected chi connectivity index (χ0v) is 8.39. The molecule has 70 valence electrons. The number of benzene rings is 1. The van der Waals surface area contributed by atoms with Gasteiger partial charge in [0.1, 0.15) is 11.6 Å². The topological polar surface area (TPSA) is 26.3 Å². The van der Waals surface area contributed by atoms with Gasteiger partial charge >= 0.3 is 5.97 Å². The summed E-state index contributed by atoms with van der Waals surface area (Å²) in [7, 11) is 0. The Morgan fingerprint density at radius 3 is 2.77 bits per heavy atom. The molecule has 13 heavy (non-hydrogen) atoms. The third-order valence-corrected chi connectivity index (χ3v) is 1.89. The fourth-order valence-corrected chi connectivity index (χ4v) is 1.02. The molecule has 0 saturated heterocycles. The summed E-state index contributed by atoms with van der Waals surface area (Å²) < 4.78 is 5.00. The summed E-state index contributed by atoms with van der Waals surface area (Å²) in [5.74, 6) is 0.0499. The second kappa shape index (κ2) is 4.28. The van der Waals surface area contributed by atoms with Crippen molar-refractivity contribution in [1.29, 1.82) is 0 Å². The third-order valence-electron chi connectivity index (χ3n) is 1.68. The molecule has 0 aromatic heterocycles. The van der Waals surface area contributed by atoms with Crippen LogP contribution in [0, 0.1) is 13.8 Å². The number of ether oxygens (including phenoxy) is 1. The highest BCUT2D eigenvalue weighted by Crippen LogP contribution is 2.19. The third kappa shape index (κ3) is 2.74. The molecule has 0 spiro atoms. The highest BCUT2D eigenvalue weighted by molar-refractivity contribution is 6.26. The van der Waals surface area contributed by atoms with Gasteiger partial charge in [0.15, 0.2) is 0 Å². The molecule has 0 bridgehead atoms. The van der Waals surface area contributed by atoms with Crippen LogP contribution in [-0.4, -0.2) is 11.8 Å². The Labute approximate surface area is 82.5 Å². The van der Waals surface area contributed by atoms with E-state index in [1.54, 1.807) is 0 Å². The Balaban J connectivity index is 2.87. The number of hydrogen-bond donors (Lipinski definition) is 0. The molecule has 0 fully saturated rings. The van der Waals surface area contributed by atoms with Crippen molar-refractivity contribution < 1.29 is 9.53 Å². The van der Waals surface area contributed by atoms with Gasteiger partial charge in [0, 0.05) is 0 Å². The number of alkyl halides is 1. The SMILES string of the molecule is Cc1ccc(C)c(OC(=O)CCl)c1. The van der Waals surface area contributed by atoms with Gasteiger partial charge in [-0.25, -0.2) is 0 Å². The van der Waals surface area contributed by atoms with Crippen LogP contribution in [0.4, 0.5) is 0 Å². The van der Waals surface area contributed by atoms with Crippen molar-refractivity contribution in [2.75, 3.05) is 5.88 Å². The van der Waals surface area contributed by atoms with Crippen LogP contribution in [-0.2, 0) is 4.79 Å². The number of hydrogen-bond acceptors (Lipinski definition) is 2. The van der Waals surface area contributed by atoms with E-state index in [9.17, 15) is 4.79 Å². The molecule has 1 aromatic carbocycles. The predicted octanol–water partition coefficient (Wildman–Crippen LogP) is 2.45. The van der Waals surface area contributed by atoms with E-state index in [1.165, 1.54) is 0 Å². The smallest absolute Gasteiger partial charge is 0.326 e. The number of carbonyl (C=O) groups excluding carboxylic acids is 1. The molecule has 0 N–H and O–H groups in total. The maximum atomic E-state index is 10.9. The van der Waals surface area contributed by atoms with Gasteiger partial charge in [-0.3, -0.25) is 4.79 Å². The van der Waals surface area contributed by atoms with E-state index in [1.807, 2.05) is 32.0 Å². The molecule has 2 nitrogen and oxygen atoms in total. The molecular formula is C10H11ClO2. The fourth-order valence-electron chi connectivity index (χ4n) is 0.967. The molecule has 0 amide bonds. The first kappa shape index (κ1) is 10.1. The minimum Gasteiger partial charge on any atom is -0.425 e. The van der Waals surface area contributed by atoms with E-state index in [4.69, 9.17) is 16.3 Å². The molecule has 0 aliphatic rings. The van der Waals surface area contributed by atoms with Crippen molar-refractivity contribution in [3.8, 4) is 5.75 Å². The van der Waals surface area contributed by atoms with Crippen LogP contribution < -0.4 is 4.74 Å². The first-order valence-electron chi connectivity index (χ1n) is 3.97. The predicted molar refractivity (Wildman–Crippen MR) is 52.3 cm³/mol. The second-order valence-electron chi connectivity index (χ2n) is 2.88. The van der Waals surface area contributed by atoms with Crippen LogP contribution in [0.25, 0.3) is 0 Å². The molecule has 1 rings (SSSR count). The lowest BCUT2D eigenvalue weighted by Gasteiger charge is -2.06. The minimum atomic E-state index is -0.421. The average molecular weight is 199 g/mol. The van der Waals surface area contributed by atoms with Crippen molar-refractivity contribution in [2.24, 2.45) is 0 Å². The number of esters is 1. The van der Waals surface area contributed by atoms with Gasteiger partial charge < -0.3 is 4.74 Å². The van der Waals surface area contributed by atoms with E-state index in [2.05, 4.69) is 0 Å². The maximum Gasteiger partial charge on any atom is 0.326 e. The number of rotatable bonds is 2. The first-order chi connectivity index (χ1) is 6.13. The quantitative estimate of drug-likeness (QED) is 0.415. The monoisotopic (exact) mass is 198 g/mol. The van der Waals surface area contributed by atoms with E-state index in [0.717, 1.165) is 11.1 Å². The average Bonchev–Trinajstić information content (AvgIpc) is 2.11. The number of aryl methyl sites for hydroxylation is 2. The van der Waals surface area contributed by atoms with E-state index >= 15 is 0 Å². The Morgan fingerprint density at radius 2 is 2.15 bits per heavy atom. The van der Waals surface area contributed by atoms with Crippen molar-refractivity contribution in [3.05, 3.63) is 29.3 Å². The van der Waals surface area contributed by atoms with Crippen molar-refractivity contribution >= 4 is 17.6 Å². The summed E-state index contributed by atoms with van der Waals surface area (Å²) in [4.78, 5) is 10.9. The van der Waals surface area contributed by atoms with Gasteiger partial charge in [0.2, 0.25) is 0 Å². The highest BCUT2D eigenvalue weighted by atomic mass is 35.5. The Morgan fingerprint density at radius 1 is 1.46 bits per heavy atom. The van der Waals surface area contributed by atoms with Crippen LogP contribution in [0.3, 0.4) is 0 Å². The van der Waals surface area contributed by atoms with Gasteiger partial charge in [-0.2, -0.15) is 0 Å². The van der Waals surface area contributed by atoms with Crippen LogP contribution in [0.15, 0.2) is 18.2 Å². The summed E-state index contributed by atoms with van der Waals surface area (Å²) in [5.41, 5.74) is 1.99. The molecule has 0 atom stereocenters. The maximum absolute atomic E-state index is 10.9. The van der Waals surface area contributed by atoms with E-state index in [-0.39, 0.29) is 5.88 Å². The molecule has 0 unspecified atom stereocenters. The summed E-state index contributed by atoms with van der Waals surface area (Å²) in [6.45, 7) is 3.83. The molecule has 0 saturated carbocycles. The molecule has 0 aliphatic heterocycles. The second-order valence-corrected chi connectivity index (χ2v) is 3.14. The Bertz CT molecular complexity index is 321. The summed E-state index contributed by atoms with van der Waals surface area (Å²) >= 11 is 5.32. The lowest BCUT2D eigenvalue weighted by atomic mass is 10.1. The Kier molecular flexibility index (Phi) is 3.32. The van der Waals surface area contributed by atoms with Gasteiger partial charge in [-0.15, -0.1) is 11.6 Å². The van der Waals surface area contributed by atoms with Gasteiger partial charge in [-0.05, 0) is 31.0 Å². The standard InChI is InChI=1S/C10H11ClO2/c1-7-3-4-8(2)9(5-7)13-10(12)6-11/h3-5H,6H2,1-2H3. The van der Waals surface area contributed by atoms with Crippen LogP contribution in [0.5, 0.6) is 5.75 Å². The Hall–Kier alpha value is -1.02.